The van der Waals surface area contributed by atoms with Crippen LogP contribution in [0.15, 0.2) is 42.5 Å². The van der Waals surface area contributed by atoms with E-state index in [4.69, 9.17) is 0 Å². The maximum atomic E-state index is 12.4. The monoisotopic (exact) mass is 294 g/mol. The van der Waals surface area contributed by atoms with E-state index < -0.39 is 0 Å². The smallest absolute Gasteiger partial charge is 0.243 e. The Morgan fingerprint density at radius 3 is 2.77 bits per heavy atom. The predicted octanol–water partition coefficient (Wildman–Crippen LogP) is 3.69. The Balaban J connectivity index is 1.74. The molecule has 2 aromatic carbocycles. The molecule has 0 aromatic heterocycles. The van der Waals surface area contributed by atoms with Crippen LogP contribution in [0.4, 0.5) is 11.4 Å². The van der Waals surface area contributed by atoms with Crippen molar-refractivity contribution in [1.29, 1.82) is 0 Å². The topological polar surface area (TPSA) is 32.3 Å². The zero-order valence-corrected chi connectivity index (χ0v) is 13.4. The van der Waals surface area contributed by atoms with Crippen LogP contribution in [0.3, 0.4) is 0 Å². The first-order valence-corrected chi connectivity index (χ1v) is 7.77. The van der Waals surface area contributed by atoms with Crippen LogP contribution in [0.5, 0.6) is 0 Å². The molecule has 3 heteroatoms. The molecule has 3 rings (SSSR count). The van der Waals surface area contributed by atoms with E-state index in [9.17, 15) is 4.79 Å². The molecular weight excluding hydrogens is 272 g/mol. The number of carbonyl (C=O) groups excluding carboxylic acids is 1. The third kappa shape index (κ3) is 2.71. The van der Waals surface area contributed by atoms with Gasteiger partial charge in [-0.3, -0.25) is 4.79 Å². The highest BCUT2D eigenvalue weighted by molar-refractivity contribution is 5.95. The number of benzene rings is 2. The van der Waals surface area contributed by atoms with Gasteiger partial charge in [-0.2, -0.15) is 0 Å². The summed E-state index contributed by atoms with van der Waals surface area (Å²) in [6.45, 7) is 6.67. The lowest BCUT2D eigenvalue weighted by atomic mass is 10.1. The molecule has 3 nitrogen and oxygen atoms in total. The SMILES string of the molecule is Cc1cccc(NC(=O)CN2c3ccccc3C[C@H]2C)c1C. The van der Waals surface area contributed by atoms with E-state index in [1.807, 2.05) is 25.1 Å². The summed E-state index contributed by atoms with van der Waals surface area (Å²) in [4.78, 5) is 14.6. The molecule has 1 aliphatic heterocycles. The van der Waals surface area contributed by atoms with Crippen molar-refractivity contribution in [2.75, 3.05) is 16.8 Å². The lowest BCUT2D eigenvalue weighted by Gasteiger charge is -2.24. The van der Waals surface area contributed by atoms with Gasteiger partial charge in [-0.05, 0) is 56.0 Å². The highest BCUT2D eigenvalue weighted by atomic mass is 16.2. The van der Waals surface area contributed by atoms with Crippen LogP contribution in [-0.4, -0.2) is 18.5 Å². The van der Waals surface area contributed by atoms with E-state index in [0.29, 0.717) is 12.6 Å². The summed E-state index contributed by atoms with van der Waals surface area (Å²) in [6, 6.07) is 14.7. The van der Waals surface area contributed by atoms with Crippen molar-refractivity contribution in [2.45, 2.75) is 33.2 Å². The average Bonchev–Trinajstić information content (AvgIpc) is 2.80. The molecule has 2 aromatic rings. The number of carbonyl (C=O) groups is 1. The number of aryl methyl sites for hydroxylation is 1. The van der Waals surface area contributed by atoms with Gasteiger partial charge < -0.3 is 10.2 Å². The van der Waals surface area contributed by atoms with Crippen molar-refractivity contribution in [1.82, 2.24) is 0 Å². The molecule has 0 saturated carbocycles. The Morgan fingerprint density at radius 1 is 1.18 bits per heavy atom. The van der Waals surface area contributed by atoms with E-state index in [2.05, 4.69) is 48.3 Å². The van der Waals surface area contributed by atoms with Gasteiger partial charge in [-0.1, -0.05) is 30.3 Å². The number of nitrogens with zero attached hydrogens (tertiary/aromatic N) is 1. The summed E-state index contributed by atoms with van der Waals surface area (Å²) in [5.74, 6) is 0.0391. The Kier molecular flexibility index (Phi) is 3.88. The fourth-order valence-electron chi connectivity index (χ4n) is 3.10. The number of hydrogen-bond acceptors (Lipinski definition) is 2. The van der Waals surface area contributed by atoms with E-state index >= 15 is 0 Å². The fourth-order valence-corrected chi connectivity index (χ4v) is 3.10. The molecule has 0 fully saturated rings. The van der Waals surface area contributed by atoms with E-state index in [0.717, 1.165) is 17.7 Å². The van der Waals surface area contributed by atoms with Crippen LogP contribution in [0, 0.1) is 13.8 Å². The van der Waals surface area contributed by atoms with Crippen molar-refractivity contribution in [3.8, 4) is 0 Å². The zero-order chi connectivity index (χ0) is 15.7. The fraction of sp³-hybridized carbons (Fsp3) is 0.316. The zero-order valence-electron chi connectivity index (χ0n) is 13.4. The molecule has 0 aliphatic carbocycles. The van der Waals surface area contributed by atoms with Gasteiger partial charge in [0.05, 0.1) is 6.54 Å². The molecule has 0 radical (unpaired) electrons. The third-order valence-electron chi connectivity index (χ3n) is 4.54. The van der Waals surface area contributed by atoms with Crippen molar-refractivity contribution in [3.05, 3.63) is 59.2 Å². The second-order valence-electron chi connectivity index (χ2n) is 6.11. The van der Waals surface area contributed by atoms with Gasteiger partial charge in [0, 0.05) is 17.4 Å². The maximum Gasteiger partial charge on any atom is 0.243 e. The number of fused-ring (bicyclic) bond motifs is 1. The normalized spacial score (nSPS) is 16.5. The number of amides is 1. The van der Waals surface area contributed by atoms with Crippen molar-refractivity contribution in [2.24, 2.45) is 0 Å². The summed E-state index contributed by atoms with van der Waals surface area (Å²) in [5.41, 5.74) is 5.74. The van der Waals surface area contributed by atoms with Crippen LogP contribution in [0.2, 0.25) is 0 Å². The van der Waals surface area contributed by atoms with Gasteiger partial charge in [0.1, 0.15) is 0 Å². The summed E-state index contributed by atoms with van der Waals surface area (Å²) >= 11 is 0. The van der Waals surface area contributed by atoms with Crippen LogP contribution >= 0.6 is 0 Å². The maximum absolute atomic E-state index is 12.4. The number of nitrogens with one attached hydrogen (secondary N) is 1. The van der Waals surface area contributed by atoms with Gasteiger partial charge >= 0.3 is 0 Å². The van der Waals surface area contributed by atoms with E-state index in [1.54, 1.807) is 0 Å². The first kappa shape index (κ1) is 14.6. The molecule has 0 unspecified atom stereocenters. The molecule has 0 spiro atoms. The minimum atomic E-state index is 0.0391. The van der Waals surface area contributed by atoms with Gasteiger partial charge in [0.15, 0.2) is 0 Å². The largest absolute Gasteiger partial charge is 0.359 e. The second-order valence-corrected chi connectivity index (χ2v) is 6.11. The van der Waals surface area contributed by atoms with Crippen LogP contribution in [0.1, 0.15) is 23.6 Å². The highest BCUT2D eigenvalue weighted by Crippen LogP contribution is 2.31. The standard InChI is InChI=1S/C19H22N2O/c1-13-7-6-9-17(15(13)3)20-19(22)12-21-14(2)11-16-8-4-5-10-18(16)21/h4-10,14H,11-12H2,1-3H3,(H,20,22)/t14-/m1/s1. The lowest BCUT2D eigenvalue weighted by molar-refractivity contribution is -0.115. The van der Waals surface area contributed by atoms with Crippen molar-refractivity contribution >= 4 is 17.3 Å². The summed E-state index contributed by atoms with van der Waals surface area (Å²) in [7, 11) is 0. The van der Waals surface area contributed by atoms with E-state index in [1.165, 1.54) is 16.8 Å². The number of rotatable bonds is 3. The molecule has 0 saturated heterocycles. The molecule has 1 N–H and O–H groups in total. The summed E-state index contributed by atoms with van der Waals surface area (Å²) < 4.78 is 0. The molecule has 22 heavy (non-hydrogen) atoms. The molecule has 1 heterocycles. The first-order valence-electron chi connectivity index (χ1n) is 7.77. The van der Waals surface area contributed by atoms with Crippen molar-refractivity contribution < 1.29 is 4.79 Å². The average molecular weight is 294 g/mol. The number of para-hydroxylation sites is 1. The Morgan fingerprint density at radius 2 is 1.95 bits per heavy atom. The number of hydrogen-bond donors (Lipinski definition) is 1. The van der Waals surface area contributed by atoms with Gasteiger partial charge in [-0.15, -0.1) is 0 Å². The van der Waals surface area contributed by atoms with Gasteiger partial charge in [-0.25, -0.2) is 0 Å². The molecular formula is C19H22N2O. The predicted molar refractivity (Wildman–Crippen MR) is 91.5 cm³/mol. The van der Waals surface area contributed by atoms with Crippen LogP contribution in [-0.2, 0) is 11.2 Å². The van der Waals surface area contributed by atoms with Crippen LogP contribution < -0.4 is 10.2 Å². The molecule has 1 atom stereocenters. The quantitative estimate of drug-likeness (QED) is 0.936. The van der Waals surface area contributed by atoms with E-state index in [-0.39, 0.29) is 5.91 Å². The Hall–Kier alpha value is -2.29. The minimum absolute atomic E-state index is 0.0391. The highest BCUT2D eigenvalue weighted by Gasteiger charge is 2.27. The lowest BCUT2D eigenvalue weighted by Crippen LogP contribution is -2.37. The van der Waals surface area contributed by atoms with Gasteiger partial charge in [0.25, 0.3) is 0 Å². The Labute approximate surface area is 132 Å². The van der Waals surface area contributed by atoms with Crippen molar-refractivity contribution in [3.63, 3.8) is 0 Å². The summed E-state index contributed by atoms with van der Waals surface area (Å²) in [6.07, 6.45) is 1.01. The minimum Gasteiger partial charge on any atom is -0.359 e. The van der Waals surface area contributed by atoms with Crippen LogP contribution in [0.25, 0.3) is 0 Å². The molecule has 114 valence electrons. The van der Waals surface area contributed by atoms with Gasteiger partial charge in [0.2, 0.25) is 5.91 Å². The third-order valence-corrected chi connectivity index (χ3v) is 4.54. The first-order chi connectivity index (χ1) is 10.6. The molecule has 1 aliphatic rings. The molecule has 1 amide bonds. The Bertz CT molecular complexity index is 708. The number of anilines is 2. The summed E-state index contributed by atoms with van der Waals surface area (Å²) in [5, 5.41) is 3.05. The molecule has 0 bridgehead atoms. The second kappa shape index (κ2) is 5.84.